The Hall–Kier alpha value is -3.81. The third-order valence-corrected chi connectivity index (χ3v) is 6.84. The minimum Gasteiger partial charge on any atom is -0.497 e. The van der Waals surface area contributed by atoms with Crippen LogP contribution in [0.3, 0.4) is 0 Å². The second-order valence-electron chi connectivity index (χ2n) is 9.22. The van der Waals surface area contributed by atoms with Crippen LogP contribution in [0.2, 0.25) is 5.02 Å². The Morgan fingerprint density at radius 3 is 2.42 bits per heavy atom. The number of benzene rings is 3. The normalized spacial score (nSPS) is 14.9. The predicted molar refractivity (Wildman–Crippen MR) is 147 cm³/mol. The van der Waals surface area contributed by atoms with Crippen LogP contribution in [0.4, 0.5) is 0 Å². The Kier molecular flexibility index (Phi) is 7.96. The lowest BCUT2D eigenvalue weighted by Crippen LogP contribution is -2.37. The van der Waals surface area contributed by atoms with Crippen LogP contribution < -0.4 is 9.47 Å². The van der Waals surface area contributed by atoms with E-state index in [1.807, 2.05) is 66.4 Å². The molecule has 2 heterocycles. The second kappa shape index (κ2) is 11.7. The Morgan fingerprint density at radius 2 is 1.76 bits per heavy atom. The van der Waals surface area contributed by atoms with Crippen LogP contribution in [0.1, 0.15) is 34.5 Å². The number of ether oxygens (including phenoxy) is 3. The fraction of sp³-hybridized carbons (Fsp3) is 0.267. The third-order valence-electron chi connectivity index (χ3n) is 6.59. The summed E-state index contributed by atoms with van der Waals surface area (Å²) in [7, 11) is 1.63. The summed E-state index contributed by atoms with van der Waals surface area (Å²) in [5.41, 5.74) is 3.03. The smallest absolute Gasteiger partial charge is 0.254 e. The second-order valence-corrected chi connectivity index (χ2v) is 9.66. The van der Waals surface area contributed by atoms with E-state index in [4.69, 9.17) is 30.9 Å². The highest BCUT2D eigenvalue weighted by molar-refractivity contribution is 6.30. The monoisotopic (exact) mass is 531 g/mol. The van der Waals surface area contributed by atoms with Gasteiger partial charge in [-0.05, 0) is 80.4 Å². The minimum absolute atomic E-state index is 0.0123. The molecule has 0 radical (unpaired) electrons. The number of hydrogen-bond acceptors (Lipinski definition) is 5. The molecule has 0 unspecified atom stereocenters. The van der Waals surface area contributed by atoms with Crippen LogP contribution in [-0.4, -0.2) is 47.0 Å². The van der Waals surface area contributed by atoms with Gasteiger partial charge < -0.3 is 19.1 Å². The Balaban J connectivity index is 1.53. The van der Waals surface area contributed by atoms with Crippen molar-refractivity contribution in [2.45, 2.75) is 32.4 Å². The average Bonchev–Trinajstić information content (AvgIpc) is 3.57. The van der Waals surface area contributed by atoms with E-state index in [1.165, 1.54) is 0 Å². The lowest BCUT2D eigenvalue weighted by Gasteiger charge is -2.26. The quantitative estimate of drug-likeness (QED) is 0.248. The molecule has 0 bridgehead atoms. The largest absolute Gasteiger partial charge is 0.497 e. The van der Waals surface area contributed by atoms with Crippen LogP contribution in [0, 0.1) is 6.92 Å². The van der Waals surface area contributed by atoms with Gasteiger partial charge in [0.15, 0.2) is 0 Å². The molecular formula is C30H30ClN3O4. The Bertz CT molecular complexity index is 1370. The standard InChI is InChI=1S/C30H30ClN3O4/c1-21-28(20-33(19-27-9-6-18-37-27)29(35)22-10-12-23(31)13-11-22)30(34(32-21)24-7-4-3-5-8-24)38-26-16-14-25(36-2)15-17-26/h3-5,7-8,10-17,27H,6,9,18-20H2,1-2H3/t27-/m1/s1. The highest BCUT2D eigenvalue weighted by atomic mass is 35.5. The van der Waals surface area contributed by atoms with E-state index in [9.17, 15) is 4.79 Å². The van der Waals surface area contributed by atoms with Crippen LogP contribution in [0.15, 0.2) is 78.9 Å². The number of carbonyl (C=O) groups is 1. The number of methoxy groups -OCH3 is 1. The molecule has 4 aromatic rings. The fourth-order valence-electron chi connectivity index (χ4n) is 4.54. The van der Waals surface area contributed by atoms with Gasteiger partial charge in [0.25, 0.3) is 5.91 Å². The lowest BCUT2D eigenvalue weighted by molar-refractivity contribution is 0.0505. The molecule has 1 fully saturated rings. The van der Waals surface area contributed by atoms with E-state index in [2.05, 4.69) is 0 Å². The van der Waals surface area contributed by atoms with Crippen molar-refractivity contribution in [2.75, 3.05) is 20.3 Å². The number of para-hydroxylation sites is 1. The van der Waals surface area contributed by atoms with Crippen molar-refractivity contribution in [3.63, 3.8) is 0 Å². The number of aromatic nitrogens is 2. The summed E-state index contributed by atoms with van der Waals surface area (Å²) in [6, 6.07) is 24.2. The number of amides is 1. The Labute approximate surface area is 227 Å². The SMILES string of the molecule is COc1ccc(Oc2c(CN(C[C@H]3CCCO3)C(=O)c3ccc(Cl)cc3)c(C)nn2-c2ccccc2)cc1. The van der Waals surface area contributed by atoms with Gasteiger partial charge in [0.05, 0.1) is 36.7 Å². The molecule has 0 aliphatic carbocycles. The number of hydrogen-bond donors (Lipinski definition) is 0. The van der Waals surface area contributed by atoms with Gasteiger partial charge in [0, 0.05) is 23.7 Å². The van der Waals surface area contributed by atoms with Crippen molar-refractivity contribution in [2.24, 2.45) is 0 Å². The maximum absolute atomic E-state index is 13.7. The molecular weight excluding hydrogens is 502 g/mol. The molecule has 8 heteroatoms. The molecule has 38 heavy (non-hydrogen) atoms. The highest BCUT2D eigenvalue weighted by Crippen LogP contribution is 2.33. The first-order valence-corrected chi connectivity index (χ1v) is 13.0. The van der Waals surface area contributed by atoms with Crippen LogP contribution >= 0.6 is 11.6 Å². The molecule has 1 aromatic heterocycles. The van der Waals surface area contributed by atoms with E-state index in [1.54, 1.807) is 36.1 Å². The van der Waals surface area contributed by atoms with E-state index in [0.29, 0.717) is 41.9 Å². The first-order chi connectivity index (χ1) is 18.5. The minimum atomic E-state index is -0.0978. The van der Waals surface area contributed by atoms with Crippen molar-refractivity contribution < 1.29 is 19.0 Å². The van der Waals surface area contributed by atoms with Crippen molar-refractivity contribution >= 4 is 17.5 Å². The molecule has 3 aromatic carbocycles. The van der Waals surface area contributed by atoms with Crippen molar-refractivity contribution in [1.29, 1.82) is 0 Å². The van der Waals surface area contributed by atoms with E-state index < -0.39 is 0 Å². The zero-order chi connectivity index (χ0) is 26.5. The van der Waals surface area contributed by atoms with E-state index in [-0.39, 0.29) is 12.0 Å². The summed E-state index contributed by atoms with van der Waals surface area (Å²) in [5, 5.41) is 5.41. The molecule has 1 aliphatic heterocycles. The molecule has 1 aliphatic rings. The first-order valence-electron chi connectivity index (χ1n) is 12.6. The molecule has 1 amide bonds. The van der Waals surface area contributed by atoms with Gasteiger partial charge >= 0.3 is 0 Å². The van der Waals surface area contributed by atoms with Gasteiger partial charge in [0.2, 0.25) is 5.88 Å². The summed E-state index contributed by atoms with van der Waals surface area (Å²) in [5.74, 6) is 1.83. The van der Waals surface area contributed by atoms with Gasteiger partial charge in [-0.3, -0.25) is 4.79 Å². The first kappa shape index (κ1) is 25.8. The lowest BCUT2D eigenvalue weighted by atomic mass is 10.1. The van der Waals surface area contributed by atoms with Gasteiger partial charge in [-0.15, -0.1) is 0 Å². The zero-order valence-electron chi connectivity index (χ0n) is 21.5. The number of rotatable bonds is 9. The zero-order valence-corrected chi connectivity index (χ0v) is 22.2. The number of carbonyl (C=O) groups excluding carboxylic acids is 1. The summed E-state index contributed by atoms with van der Waals surface area (Å²) < 4.78 is 19.4. The fourth-order valence-corrected chi connectivity index (χ4v) is 4.67. The van der Waals surface area contributed by atoms with Crippen LogP contribution in [0.5, 0.6) is 17.4 Å². The van der Waals surface area contributed by atoms with Crippen LogP contribution in [0.25, 0.3) is 5.69 Å². The molecule has 1 atom stereocenters. The number of nitrogens with zero attached hydrogens (tertiary/aromatic N) is 3. The van der Waals surface area contributed by atoms with E-state index in [0.717, 1.165) is 35.5 Å². The Morgan fingerprint density at radius 1 is 1.05 bits per heavy atom. The molecule has 196 valence electrons. The average molecular weight is 532 g/mol. The van der Waals surface area contributed by atoms with Gasteiger partial charge in [0.1, 0.15) is 11.5 Å². The topological polar surface area (TPSA) is 65.8 Å². The molecule has 0 spiro atoms. The van der Waals surface area contributed by atoms with Crippen molar-refractivity contribution in [3.8, 4) is 23.1 Å². The predicted octanol–water partition coefficient (Wildman–Crippen LogP) is 6.46. The summed E-state index contributed by atoms with van der Waals surface area (Å²) in [4.78, 5) is 15.5. The molecule has 0 saturated carbocycles. The number of aryl methyl sites for hydroxylation is 1. The van der Waals surface area contributed by atoms with Crippen molar-refractivity contribution in [1.82, 2.24) is 14.7 Å². The van der Waals surface area contributed by atoms with E-state index >= 15 is 0 Å². The molecule has 1 saturated heterocycles. The van der Waals surface area contributed by atoms with Gasteiger partial charge in [-0.1, -0.05) is 29.8 Å². The maximum atomic E-state index is 13.7. The van der Waals surface area contributed by atoms with Crippen LogP contribution in [-0.2, 0) is 11.3 Å². The summed E-state index contributed by atoms with van der Waals surface area (Å²) >= 11 is 6.08. The summed E-state index contributed by atoms with van der Waals surface area (Å²) in [6.45, 7) is 3.43. The summed E-state index contributed by atoms with van der Waals surface area (Å²) in [6.07, 6.45) is 1.90. The number of halogens is 1. The van der Waals surface area contributed by atoms with Gasteiger partial charge in [-0.25, -0.2) is 4.68 Å². The van der Waals surface area contributed by atoms with Gasteiger partial charge in [-0.2, -0.15) is 5.10 Å². The maximum Gasteiger partial charge on any atom is 0.254 e. The third kappa shape index (κ3) is 5.85. The molecule has 7 nitrogen and oxygen atoms in total. The molecule has 0 N–H and O–H groups in total. The molecule has 5 rings (SSSR count). The highest BCUT2D eigenvalue weighted by Gasteiger charge is 2.28. The van der Waals surface area contributed by atoms with Crippen molar-refractivity contribution in [3.05, 3.63) is 101 Å².